The second-order valence-corrected chi connectivity index (χ2v) is 7.16. The Kier molecular flexibility index (Phi) is 3.38. The van der Waals surface area contributed by atoms with E-state index in [9.17, 15) is 8.42 Å². The first kappa shape index (κ1) is 13.1. The average Bonchev–Trinajstić information content (AvgIpc) is 2.87. The molecule has 2 aliphatic rings. The zero-order chi connectivity index (χ0) is 13.5. The molecule has 2 heterocycles. The van der Waals surface area contributed by atoms with Crippen LogP contribution in [0.15, 0.2) is 22.8 Å². The van der Waals surface area contributed by atoms with E-state index in [0.29, 0.717) is 18.2 Å². The monoisotopic (exact) mass is 286 g/mol. The smallest absolute Gasteiger partial charge is 0.218 e. The molecule has 3 rings (SSSR count). The third-order valence-corrected chi connectivity index (χ3v) is 5.45. The summed E-state index contributed by atoms with van der Waals surface area (Å²) in [5.41, 5.74) is 0. The fourth-order valence-corrected chi connectivity index (χ4v) is 3.91. The van der Waals surface area contributed by atoms with Crippen LogP contribution >= 0.6 is 0 Å². The summed E-state index contributed by atoms with van der Waals surface area (Å²) in [6.45, 7) is 0.690. The Morgan fingerprint density at radius 2 is 2.26 bits per heavy atom. The molecule has 1 aliphatic heterocycles. The van der Waals surface area contributed by atoms with Crippen LogP contribution in [0.5, 0.6) is 0 Å². The summed E-state index contributed by atoms with van der Waals surface area (Å²) in [5.74, 6) is 1.12. The highest BCUT2D eigenvalue weighted by atomic mass is 32.2. The molecule has 2 fully saturated rings. The van der Waals surface area contributed by atoms with Gasteiger partial charge in [-0.1, -0.05) is 0 Å². The van der Waals surface area contributed by atoms with Crippen molar-refractivity contribution in [2.24, 2.45) is 5.92 Å². The number of hydrogen-bond donors (Lipinski definition) is 1. The lowest BCUT2D eigenvalue weighted by atomic mass is 10.2. The fourth-order valence-electron chi connectivity index (χ4n) is 2.34. The van der Waals surface area contributed by atoms with Crippen LogP contribution in [0.25, 0.3) is 0 Å². The van der Waals surface area contributed by atoms with Crippen LogP contribution < -0.4 is 4.72 Å². The predicted molar refractivity (Wildman–Crippen MR) is 68.6 cm³/mol. The van der Waals surface area contributed by atoms with Crippen molar-refractivity contribution in [2.45, 2.75) is 24.1 Å². The average molecular weight is 286 g/mol. The van der Waals surface area contributed by atoms with Crippen molar-refractivity contribution in [1.82, 2.24) is 9.79 Å². The van der Waals surface area contributed by atoms with Crippen LogP contribution in [0.3, 0.4) is 0 Å². The molecule has 0 amide bonds. The largest absolute Gasteiger partial charge is 0.468 e. The van der Waals surface area contributed by atoms with E-state index in [1.165, 1.54) is 0 Å². The summed E-state index contributed by atoms with van der Waals surface area (Å²) in [7, 11) is -1.67. The van der Waals surface area contributed by atoms with Crippen LogP contribution in [-0.2, 0) is 14.9 Å². The summed E-state index contributed by atoms with van der Waals surface area (Å²) in [6, 6.07) is 3.13. The molecular formula is C12H18N2O4S. The zero-order valence-electron chi connectivity index (χ0n) is 10.8. The van der Waals surface area contributed by atoms with Gasteiger partial charge in [0.1, 0.15) is 17.1 Å². The molecule has 19 heavy (non-hydrogen) atoms. The van der Waals surface area contributed by atoms with Gasteiger partial charge in [-0.2, -0.15) is 5.06 Å². The van der Waals surface area contributed by atoms with Crippen LogP contribution in [0, 0.1) is 5.92 Å². The lowest BCUT2D eigenvalue weighted by Crippen LogP contribution is -2.40. The predicted octanol–water partition coefficient (Wildman–Crippen LogP) is 0.896. The number of nitrogens with zero attached hydrogens (tertiary/aromatic N) is 1. The summed E-state index contributed by atoms with van der Waals surface area (Å²) >= 11 is 0. The second-order valence-electron chi connectivity index (χ2n) is 5.18. The van der Waals surface area contributed by atoms with E-state index in [2.05, 4.69) is 4.72 Å². The van der Waals surface area contributed by atoms with E-state index >= 15 is 0 Å². The quantitative estimate of drug-likeness (QED) is 0.870. The van der Waals surface area contributed by atoms with Crippen LogP contribution in [0.2, 0.25) is 0 Å². The molecule has 1 aliphatic carbocycles. The molecule has 106 valence electrons. The molecule has 7 heteroatoms. The summed E-state index contributed by atoms with van der Waals surface area (Å²) in [4.78, 5) is 5.36. The van der Waals surface area contributed by atoms with E-state index in [0.717, 1.165) is 12.8 Å². The highest BCUT2D eigenvalue weighted by Crippen LogP contribution is 2.34. The van der Waals surface area contributed by atoms with E-state index < -0.39 is 21.3 Å². The van der Waals surface area contributed by atoms with Crippen LogP contribution in [0.4, 0.5) is 0 Å². The van der Waals surface area contributed by atoms with Gasteiger partial charge in [-0.3, -0.25) is 4.84 Å². The maximum absolute atomic E-state index is 12.4. The fraction of sp³-hybridized carbons (Fsp3) is 0.667. The summed E-state index contributed by atoms with van der Waals surface area (Å²) < 4.78 is 32.8. The third-order valence-electron chi connectivity index (χ3n) is 3.69. The number of sulfonamides is 1. The van der Waals surface area contributed by atoms with Crippen molar-refractivity contribution in [1.29, 1.82) is 0 Å². The van der Waals surface area contributed by atoms with Gasteiger partial charge in [-0.05, 0) is 30.9 Å². The maximum Gasteiger partial charge on any atom is 0.218 e. The van der Waals surface area contributed by atoms with E-state index in [4.69, 9.17) is 9.25 Å². The topological polar surface area (TPSA) is 71.8 Å². The normalized spacial score (nSPS) is 28.9. The lowest BCUT2D eigenvalue weighted by Gasteiger charge is -2.20. The van der Waals surface area contributed by atoms with Gasteiger partial charge in [0, 0.05) is 13.6 Å². The van der Waals surface area contributed by atoms with Gasteiger partial charge >= 0.3 is 0 Å². The Hall–Kier alpha value is -0.890. The van der Waals surface area contributed by atoms with E-state index in [1.54, 1.807) is 30.5 Å². The second kappa shape index (κ2) is 4.90. The van der Waals surface area contributed by atoms with Crippen molar-refractivity contribution in [2.75, 3.05) is 20.2 Å². The van der Waals surface area contributed by atoms with Crippen molar-refractivity contribution < 1.29 is 17.7 Å². The molecule has 0 bridgehead atoms. The van der Waals surface area contributed by atoms with Gasteiger partial charge < -0.3 is 4.42 Å². The van der Waals surface area contributed by atoms with Gasteiger partial charge in [0.05, 0.1) is 12.9 Å². The van der Waals surface area contributed by atoms with Crippen molar-refractivity contribution in [3.8, 4) is 0 Å². The number of hydroxylamine groups is 2. The minimum Gasteiger partial charge on any atom is -0.468 e. The van der Waals surface area contributed by atoms with Gasteiger partial charge in [-0.25, -0.2) is 13.1 Å². The number of nitrogens with one attached hydrogen (secondary N) is 1. The lowest BCUT2D eigenvalue weighted by molar-refractivity contribution is -0.113. The van der Waals surface area contributed by atoms with Crippen molar-refractivity contribution in [3.63, 3.8) is 0 Å². The molecule has 0 radical (unpaired) electrons. The Morgan fingerprint density at radius 1 is 1.47 bits per heavy atom. The van der Waals surface area contributed by atoms with E-state index in [-0.39, 0.29) is 6.61 Å². The molecule has 1 aromatic heterocycles. The number of rotatable bonds is 5. The molecule has 0 spiro atoms. The highest BCUT2D eigenvalue weighted by Gasteiger charge is 2.44. The van der Waals surface area contributed by atoms with Gasteiger partial charge in [0.15, 0.2) is 0 Å². The Morgan fingerprint density at radius 3 is 2.89 bits per heavy atom. The van der Waals surface area contributed by atoms with Gasteiger partial charge in [0.25, 0.3) is 0 Å². The molecular weight excluding hydrogens is 268 g/mol. The first-order chi connectivity index (χ1) is 9.08. The van der Waals surface area contributed by atoms with Gasteiger partial charge in [0.2, 0.25) is 10.0 Å². The molecule has 2 unspecified atom stereocenters. The Balaban J connectivity index is 1.77. The molecule has 1 aromatic rings. The van der Waals surface area contributed by atoms with Crippen molar-refractivity contribution >= 4 is 10.0 Å². The summed E-state index contributed by atoms with van der Waals surface area (Å²) in [6.07, 6.45) is 3.78. The first-order valence-corrected chi connectivity index (χ1v) is 8.00. The third kappa shape index (κ3) is 2.69. The molecule has 1 saturated carbocycles. The SMILES string of the molecule is CN1OCC(S(=O)(=O)NCC2CC2)C1c1ccco1. The number of furan rings is 1. The first-order valence-electron chi connectivity index (χ1n) is 6.45. The van der Waals surface area contributed by atoms with Crippen LogP contribution in [0.1, 0.15) is 24.6 Å². The Bertz CT molecular complexity index is 524. The number of hydrogen-bond acceptors (Lipinski definition) is 5. The van der Waals surface area contributed by atoms with Crippen molar-refractivity contribution in [3.05, 3.63) is 24.2 Å². The maximum atomic E-state index is 12.4. The standard InChI is InChI=1S/C12H18N2O4S/c1-14-12(10-3-2-6-17-10)11(8-18-14)19(15,16)13-7-9-4-5-9/h2-3,6,9,11-13H,4-5,7-8H2,1H3. The Labute approximate surface area is 112 Å². The zero-order valence-corrected chi connectivity index (χ0v) is 11.6. The molecule has 0 aromatic carbocycles. The molecule has 6 nitrogen and oxygen atoms in total. The molecule has 2 atom stereocenters. The van der Waals surface area contributed by atoms with Crippen LogP contribution in [-0.4, -0.2) is 38.9 Å². The minimum absolute atomic E-state index is 0.155. The van der Waals surface area contributed by atoms with E-state index in [1.807, 2.05) is 0 Å². The summed E-state index contributed by atoms with van der Waals surface area (Å²) in [5, 5.41) is 0.919. The molecule has 1 N–H and O–H groups in total. The van der Waals surface area contributed by atoms with Gasteiger partial charge in [-0.15, -0.1) is 0 Å². The highest BCUT2D eigenvalue weighted by molar-refractivity contribution is 7.90. The minimum atomic E-state index is -3.40. The molecule has 1 saturated heterocycles.